The SMILES string of the molecule is O=C1N(CC(O)CNc2ccncc2)CN(c2ccc(F)cc2)C12CCN(CC1CCCCCCC1)CC2. The van der Waals surface area contributed by atoms with Crippen LogP contribution in [0.5, 0.6) is 0 Å². The van der Waals surface area contributed by atoms with Crippen molar-refractivity contribution in [3.63, 3.8) is 0 Å². The molecule has 0 bridgehead atoms. The van der Waals surface area contributed by atoms with E-state index in [0.717, 1.165) is 49.8 Å². The normalized spacial score (nSPS) is 21.9. The van der Waals surface area contributed by atoms with Gasteiger partial charge in [0.15, 0.2) is 0 Å². The number of piperidine rings is 1. The van der Waals surface area contributed by atoms with Gasteiger partial charge < -0.3 is 25.1 Å². The van der Waals surface area contributed by atoms with Crippen LogP contribution >= 0.6 is 0 Å². The van der Waals surface area contributed by atoms with Crippen molar-refractivity contribution in [2.45, 2.75) is 69.4 Å². The maximum absolute atomic E-state index is 14.0. The second-order valence-electron chi connectivity index (χ2n) is 11.4. The highest BCUT2D eigenvalue weighted by Gasteiger charge is 2.53. The average Bonchev–Trinajstić information content (AvgIpc) is 3.17. The summed E-state index contributed by atoms with van der Waals surface area (Å²) < 4.78 is 13.7. The lowest BCUT2D eigenvalue weighted by Gasteiger charge is -2.44. The number of halogens is 1. The molecule has 1 aromatic heterocycles. The van der Waals surface area contributed by atoms with Crippen LogP contribution in [0.1, 0.15) is 57.8 Å². The van der Waals surface area contributed by atoms with Crippen LogP contribution in [-0.4, -0.2) is 76.8 Å². The van der Waals surface area contributed by atoms with E-state index in [-0.39, 0.29) is 18.3 Å². The molecule has 38 heavy (non-hydrogen) atoms. The smallest absolute Gasteiger partial charge is 0.250 e. The zero-order chi connectivity index (χ0) is 26.4. The van der Waals surface area contributed by atoms with E-state index in [4.69, 9.17) is 0 Å². The number of aliphatic hydroxyl groups excluding tert-OH is 1. The van der Waals surface area contributed by atoms with Gasteiger partial charge in [0.1, 0.15) is 11.4 Å². The molecule has 2 saturated heterocycles. The first-order valence-corrected chi connectivity index (χ1v) is 14.4. The maximum atomic E-state index is 14.0. The number of carbonyl (C=O) groups excluding carboxylic acids is 1. The fraction of sp³-hybridized carbons (Fsp3) is 0.600. The van der Waals surface area contributed by atoms with Crippen molar-refractivity contribution < 1.29 is 14.3 Å². The summed E-state index contributed by atoms with van der Waals surface area (Å²) in [6.45, 7) is 3.90. The average molecular weight is 524 g/mol. The number of aromatic nitrogens is 1. The van der Waals surface area contributed by atoms with Gasteiger partial charge in [-0.05, 0) is 68.0 Å². The number of carbonyl (C=O) groups is 1. The van der Waals surface area contributed by atoms with Gasteiger partial charge in [0.05, 0.1) is 19.3 Å². The third-order valence-corrected chi connectivity index (χ3v) is 8.73. The van der Waals surface area contributed by atoms with Crippen molar-refractivity contribution in [2.24, 2.45) is 5.92 Å². The molecule has 1 aliphatic carbocycles. The zero-order valence-electron chi connectivity index (χ0n) is 22.4. The van der Waals surface area contributed by atoms with Crippen LogP contribution in [0.15, 0.2) is 48.8 Å². The Labute approximate surface area is 226 Å². The molecule has 1 saturated carbocycles. The highest BCUT2D eigenvalue weighted by molar-refractivity contribution is 5.93. The Morgan fingerprint density at radius 2 is 1.66 bits per heavy atom. The Bertz CT molecular complexity index is 1020. The van der Waals surface area contributed by atoms with Crippen LogP contribution in [-0.2, 0) is 4.79 Å². The molecule has 1 amide bonds. The number of aliphatic hydroxyl groups is 1. The summed E-state index contributed by atoms with van der Waals surface area (Å²) in [5.41, 5.74) is 1.10. The van der Waals surface area contributed by atoms with Gasteiger partial charge >= 0.3 is 0 Å². The molecular weight excluding hydrogens is 481 g/mol. The topological polar surface area (TPSA) is 71.9 Å². The van der Waals surface area contributed by atoms with E-state index in [1.165, 1.54) is 57.1 Å². The van der Waals surface area contributed by atoms with Crippen molar-refractivity contribution in [3.05, 3.63) is 54.6 Å². The molecule has 206 valence electrons. The Hall–Kier alpha value is -2.71. The summed E-state index contributed by atoms with van der Waals surface area (Å²) in [4.78, 5) is 24.5. The summed E-state index contributed by atoms with van der Waals surface area (Å²) in [5.74, 6) is 0.559. The van der Waals surface area contributed by atoms with E-state index in [9.17, 15) is 14.3 Å². The lowest BCUT2D eigenvalue weighted by molar-refractivity contribution is -0.134. The highest BCUT2D eigenvalue weighted by atomic mass is 19.1. The first-order chi connectivity index (χ1) is 18.5. The number of β-amino-alcohol motifs (C(OH)–C–C–N with tert-alkyl or cyclic N) is 1. The molecule has 7 nitrogen and oxygen atoms in total. The number of anilines is 2. The van der Waals surface area contributed by atoms with Gasteiger partial charge in [-0.1, -0.05) is 32.1 Å². The van der Waals surface area contributed by atoms with Crippen LogP contribution in [0, 0.1) is 11.7 Å². The lowest BCUT2D eigenvalue weighted by Crippen LogP contribution is -2.57. The number of nitrogens with zero attached hydrogens (tertiary/aromatic N) is 4. The van der Waals surface area contributed by atoms with Crippen LogP contribution in [0.4, 0.5) is 15.8 Å². The van der Waals surface area contributed by atoms with E-state index in [1.807, 2.05) is 12.1 Å². The number of nitrogens with one attached hydrogen (secondary N) is 1. The van der Waals surface area contributed by atoms with Crippen molar-refractivity contribution in [3.8, 4) is 0 Å². The van der Waals surface area contributed by atoms with Crippen molar-refractivity contribution in [1.29, 1.82) is 0 Å². The summed E-state index contributed by atoms with van der Waals surface area (Å²) in [6, 6.07) is 10.2. The van der Waals surface area contributed by atoms with E-state index in [0.29, 0.717) is 13.2 Å². The quantitative estimate of drug-likeness (QED) is 0.531. The lowest BCUT2D eigenvalue weighted by atomic mass is 9.84. The molecule has 2 aliphatic heterocycles. The molecule has 2 N–H and O–H groups in total. The summed E-state index contributed by atoms with van der Waals surface area (Å²) >= 11 is 0. The maximum Gasteiger partial charge on any atom is 0.250 e. The number of rotatable bonds is 8. The van der Waals surface area contributed by atoms with E-state index in [1.54, 1.807) is 29.4 Å². The van der Waals surface area contributed by atoms with Gasteiger partial charge in [0, 0.05) is 49.9 Å². The molecule has 0 radical (unpaired) electrons. The Balaban J connectivity index is 1.25. The van der Waals surface area contributed by atoms with Crippen LogP contribution in [0.3, 0.4) is 0 Å². The Morgan fingerprint density at radius 1 is 1.00 bits per heavy atom. The van der Waals surface area contributed by atoms with Gasteiger partial charge in [-0.3, -0.25) is 9.78 Å². The first-order valence-electron chi connectivity index (χ1n) is 14.4. The summed E-state index contributed by atoms with van der Waals surface area (Å²) in [5, 5.41) is 14.0. The number of hydrogen-bond donors (Lipinski definition) is 2. The molecule has 2 aromatic rings. The molecule has 3 fully saturated rings. The van der Waals surface area contributed by atoms with E-state index in [2.05, 4.69) is 20.1 Å². The Kier molecular flexibility index (Phi) is 8.79. The van der Waals surface area contributed by atoms with E-state index < -0.39 is 11.6 Å². The predicted octanol–water partition coefficient (Wildman–Crippen LogP) is 4.49. The van der Waals surface area contributed by atoms with E-state index >= 15 is 0 Å². The minimum Gasteiger partial charge on any atom is -0.389 e. The number of pyridine rings is 1. The molecule has 5 rings (SSSR count). The molecule has 1 unspecified atom stereocenters. The fourth-order valence-electron chi connectivity index (χ4n) is 6.57. The fourth-order valence-corrected chi connectivity index (χ4v) is 6.57. The minimum absolute atomic E-state index is 0.0791. The standard InChI is InChI=1S/C30H42FN5O2/c31-25-8-10-27(11-9-25)36-23-35(22-28(37)20-33-26-12-16-32-17-13-26)29(38)30(36)14-18-34(19-15-30)21-24-6-4-2-1-3-5-7-24/h8-13,16-17,24,28,37H,1-7,14-15,18-23H2,(H,32,33). The molecule has 3 aliphatic rings. The van der Waals surface area contributed by atoms with Crippen molar-refractivity contribution >= 4 is 17.3 Å². The highest BCUT2D eigenvalue weighted by Crippen LogP contribution is 2.40. The second kappa shape index (κ2) is 12.4. The summed E-state index contributed by atoms with van der Waals surface area (Å²) in [6.07, 6.45) is 13.6. The van der Waals surface area contributed by atoms with Crippen LogP contribution < -0.4 is 10.2 Å². The van der Waals surface area contributed by atoms with Gasteiger partial charge in [-0.15, -0.1) is 0 Å². The number of likely N-dealkylation sites (tertiary alicyclic amines) is 1. The third kappa shape index (κ3) is 6.29. The largest absolute Gasteiger partial charge is 0.389 e. The molecular formula is C30H42FN5O2. The van der Waals surface area contributed by atoms with Gasteiger partial charge in [0.25, 0.3) is 0 Å². The molecule has 1 spiro atoms. The third-order valence-electron chi connectivity index (χ3n) is 8.73. The molecule has 1 atom stereocenters. The minimum atomic E-state index is -0.711. The van der Waals surface area contributed by atoms with Crippen LogP contribution in [0.2, 0.25) is 0 Å². The monoisotopic (exact) mass is 523 g/mol. The Morgan fingerprint density at radius 3 is 2.34 bits per heavy atom. The molecule has 3 heterocycles. The van der Waals surface area contributed by atoms with Crippen LogP contribution in [0.25, 0.3) is 0 Å². The number of amides is 1. The molecule has 8 heteroatoms. The first kappa shape index (κ1) is 26.9. The molecule has 1 aromatic carbocycles. The number of hydrogen-bond acceptors (Lipinski definition) is 6. The predicted molar refractivity (Wildman–Crippen MR) is 148 cm³/mol. The van der Waals surface area contributed by atoms with Gasteiger partial charge in [-0.2, -0.15) is 0 Å². The van der Waals surface area contributed by atoms with Crippen molar-refractivity contribution in [2.75, 3.05) is 49.6 Å². The van der Waals surface area contributed by atoms with Gasteiger partial charge in [0.2, 0.25) is 5.91 Å². The van der Waals surface area contributed by atoms with Gasteiger partial charge in [-0.25, -0.2) is 4.39 Å². The van der Waals surface area contributed by atoms with Crippen molar-refractivity contribution in [1.82, 2.24) is 14.8 Å². The number of benzene rings is 1. The summed E-state index contributed by atoms with van der Waals surface area (Å²) in [7, 11) is 0. The second-order valence-corrected chi connectivity index (χ2v) is 11.4. The zero-order valence-corrected chi connectivity index (χ0v) is 22.4.